The fourth-order valence-corrected chi connectivity index (χ4v) is 2.94. The van der Waals surface area contributed by atoms with Crippen molar-refractivity contribution in [2.24, 2.45) is 0 Å². The highest BCUT2D eigenvalue weighted by Crippen LogP contribution is 2.21. The molecule has 2 aromatic carbocycles. The van der Waals surface area contributed by atoms with E-state index in [1.165, 1.54) is 0 Å². The molecule has 0 saturated heterocycles. The number of carbonyl (C=O) groups is 2. The molecule has 0 aliphatic carbocycles. The molecule has 2 aromatic rings. The first-order chi connectivity index (χ1) is 13.1. The lowest BCUT2D eigenvalue weighted by atomic mass is 10.1. The molecule has 7 heteroatoms. The third kappa shape index (κ3) is 7.79. The lowest BCUT2D eigenvalue weighted by Crippen LogP contribution is -2.27. The molecule has 2 rings (SSSR count). The van der Waals surface area contributed by atoms with Crippen molar-refractivity contribution in [2.75, 3.05) is 11.9 Å². The van der Waals surface area contributed by atoms with E-state index < -0.39 is 11.7 Å². The number of amides is 2. The second kappa shape index (κ2) is 9.80. The first-order valence-corrected chi connectivity index (χ1v) is 9.67. The summed E-state index contributed by atoms with van der Waals surface area (Å²) in [6, 6.07) is 12.4. The van der Waals surface area contributed by atoms with Gasteiger partial charge >= 0.3 is 6.09 Å². The van der Waals surface area contributed by atoms with E-state index in [1.807, 2.05) is 6.07 Å². The van der Waals surface area contributed by atoms with Crippen LogP contribution in [0.5, 0.6) is 0 Å². The summed E-state index contributed by atoms with van der Waals surface area (Å²) in [7, 11) is 0. The Morgan fingerprint density at radius 1 is 1.04 bits per heavy atom. The smallest absolute Gasteiger partial charge is 0.412 e. The Bertz CT molecular complexity index is 831. The Hall–Kier alpha value is -2.24. The van der Waals surface area contributed by atoms with Crippen LogP contribution in [0.4, 0.5) is 10.5 Å². The average Bonchev–Trinajstić information content (AvgIpc) is 2.57. The quantitative estimate of drug-likeness (QED) is 0.668. The molecule has 0 aliphatic heterocycles. The van der Waals surface area contributed by atoms with Crippen molar-refractivity contribution in [1.29, 1.82) is 0 Å². The van der Waals surface area contributed by atoms with Crippen molar-refractivity contribution in [3.8, 4) is 0 Å². The fourth-order valence-electron chi connectivity index (χ4n) is 2.44. The second-order valence-corrected chi connectivity index (χ2v) is 8.18. The minimum atomic E-state index is -0.557. The van der Waals surface area contributed by atoms with Crippen LogP contribution in [0.15, 0.2) is 42.5 Å². The summed E-state index contributed by atoms with van der Waals surface area (Å²) in [6.07, 6.45) is 0.362. The van der Waals surface area contributed by atoms with E-state index in [2.05, 4.69) is 10.6 Å². The highest BCUT2D eigenvalue weighted by molar-refractivity contribution is 6.35. The number of nitrogens with one attached hydrogen (secondary N) is 2. The lowest BCUT2D eigenvalue weighted by Gasteiger charge is -2.19. The summed E-state index contributed by atoms with van der Waals surface area (Å²) in [6.45, 7) is 5.89. The summed E-state index contributed by atoms with van der Waals surface area (Å²) < 4.78 is 5.20. The van der Waals surface area contributed by atoms with Crippen LogP contribution in [-0.2, 0) is 22.4 Å². The van der Waals surface area contributed by atoms with Gasteiger partial charge in [0.05, 0.1) is 6.42 Å². The van der Waals surface area contributed by atoms with Gasteiger partial charge in [-0.25, -0.2) is 4.79 Å². The molecule has 0 fully saturated rings. The largest absolute Gasteiger partial charge is 0.444 e. The van der Waals surface area contributed by atoms with E-state index in [1.54, 1.807) is 57.2 Å². The van der Waals surface area contributed by atoms with Crippen molar-refractivity contribution in [2.45, 2.75) is 39.2 Å². The summed E-state index contributed by atoms with van der Waals surface area (Å²) in [4.78, 5) is 23.9. The van der Waals surface area contributed by atoms with Crippen LogP contribution in [0.1, 0.15) is 31.9 Å². The Labute approximate surface area is 175 Å². The minimum Gasteiger partial charge on any atom is -0.444 e. The van der Waals surface area contributed by atoms with Gasteiger partial charge in [-0.1, -0.05) is 41.4 Å². The fraction of sp³-hybridized carbons (Fsp3) is 0.333. The maximum Gasteiger partial charge on any atom is 0.412 e. The number of anilines is 1. The van der Waals surface area contributed by atoms with Crippen molar-refractivity contribution >= 4 is 40.9 Å². The highest BCUT2D eigenvalue weighted by Gasteiger charge is 2.16. The normalized spacial score (nSPS) is 11.0. The van der Waals surface area contributed by atoms with Crippen molar-refractivity contribution < 1.29 is 14.3 Å². The Kier molecular flexibility index (Phi) is 7.72. The molecule has 0 unspecified atom stereocenters. The molecule has 5 nitrogen and oxygen atoms in total. The van der Waals surface area contributed by atoms with Crippen LogP contribution in [-0.4, -0.2) is 24.1 Å². The molecule has 0 atom stereocenters. The molecule has 0 spiro atoms. The van der Waals surface area contributed by atoms with Crippen LogP contribution in [0.25, 0.3) is 0 Å². The van der Waals surface area contributed by atoms with Crippen molar-refractivity contribution in [3.63, 3.8) is 0 Å². The van der Waals surface area contributed by atoms with E-state index in [-0.39, 0.29) is 12.3 Å². The van der Waals surface area contributed by atoms with Gasteiger partial charge in [0.15, 0.2) is 0 Å². The van der Waals surface area contributed by atoms with Gasteiger partial charge in [0.25, 0.3) is 0 Å². The van der Waals surface area contributed by atoms with Crippen molar-refractivity contribution in [1.82, 2.24) is 5.32 Å². The van der Waals surface area contributed by atoms with E-state index in [0.717, 1.165) is 11.1 Å². The molecular formula is C21H24Cl2N2O3. The number of hydrogen-bond acceptors (Lipinski definition) is 3. The van der Waals surface area contributed by atoms with Gasteiger partial charge in [-0.2, -0.15) is 0 Å². The van der Waals surface area contributed by atoms with Crippen LogP contribution in [0, 0.1) is 0 Å². The van der Waals surface area contributed by atoms with Gasteiger partial charge in [-0.15, -0.1) is 0 Å². The van der Waals surface area contributed by atoms with Crippen LogP contribution < -0.4 is 10.6 Å². The predicted molar refractivity (Wildman–Crippen MR) is 113 cm³/mol. The van der Waals surface area contributed by atoms with E-state index in [4.69, 9.17) is 27.9 Å². The number of rotatable bonds is 6. The molecule has 0 saturated carbocycles. The minimum absolute atomic E-state index is 0.0852. The number of hydrogen-bond donors (Lipinski definition) is 2. The molecule has 2 N–H and O–H groups in total. The molecule has 0 aromatic heterocycles. The standard InChI is InChI=1S/C21H24Cl2N2O3/c1-21(2,3)28-20(27)25-17-8-4-14(5-9-17)12-19(26)24-11-10-15-6-7-16(22)13-18(15)23/h4-9,13H,10-12H2,1-3H3,(H,24,26)(H,25,27). The van der Waals surface area contributed by atoms with Crippen LogP contribution >= 0.6 is 23.2 Å². The van der Waals surface area contributed by atoms with E-state index in [9.17, 15) is 9.59 Å². The SMILES string of the molecule is CC(C)(C)OC(=O)Nc1ccc(CC(=O)NCCc2ccc(Cl)cc2Cl)cc1. The molecule has 2 amide bonds. The zero-order chi connectivity index (χ0) is 20.7. The first-order valence-electron chi connectivity index (χ1n) is 8.92. The monoisotopic (exact) mass is 422 g/mol. The zero-order valence-electron chi connectivity index (χ0n) is 16.1. The molecule has 0 radical (unpaired) electrons. The Morgan fingerprint density at radius 3 is 2.32 bits per heavy atom. The van der Waals surface area contributed by atoms with E-state index in [0.29, 0.717) is 28.7 Å². The van der Waals surface area contributed by atoms with Gasteiger partial charge in [-0.05, 0) is 62.6 Å². The van der Waals surface area contributed by atoms with Gasteiger partial charge in [0.2, 0.25) is 5.91 Å². The van der Waals surface area contributed by atoms with Gasteiger partial charge < -0.3 is 10.1 Å². The van der Waals surface area contributed by atoms with E-state index >= 15 is 0 Å². The second-order valence-electron chi connectivity index (χ2n) is 7.34. The molecule has 0 aliphatic rings. The summed E-state index contributed by atoms with van der Waals surface area (Å²) in [5.74, 6) is -0.0852. The van der Waals surface area contributed by atoms with Crippen molar-refractivity contribution in [3.05, 3.63) is 63.6 Å². The molecule has 0 heterocycles. The number of carbonyl (C=O) groups excluding carboxylic acids is 2. The van der Waals surface area contributed by atoms with Gasteiger partial charge in [-0.3, -0.25) is 10.1 Å². The first kappa shape index (κ1) is 22.1. The lowest BCUT2D eigenvalue weighted by molar-refractivity contribution is -0.120. The predicted octanol–water partition coefficient (Wildman–Crippen LogP) is 5.24. The summed E-state index contributed by atoms with van der Waals surface area (Å²) >= 11 is 12.0. The zero-order valence-corrected chi connectivity index (χ0v) is 17.7. The topological polar surface area (TPSA) is 67.4 Å². The highest BCUT2D eigenvalue weighted by atomic mass is 35.5. The maximum absolute atomic E-state index is 12.1. The van der Waals surface area contributed by atoms with Crippen LogP contribution in [0.2, 0.25) is 10.0 Å². The maximum atomic E-state index is 12.1. The average molecular weight is 423 g/mol. The third-order valence-electron chi connectivity index (χ3n) is 3.70. The van der Waals surface area contributed by atoms with Crippen LogP contribution in [0.3, 0.4) is 0 Å². The summed E-state index contributed by atoms with van der Waals surface area (Å²) in [5.41, 5.74) is 1.83. The number of halogens is 2. The Balaban J connectivity index is 1.78. The number of benzene rings is 2. The Morgan fingerprint density at radius 2 is 1.71 bits per heavy atom. The third-order valence-corrected chi connectivity index (χ3v) is 4.28. The van der Waals surface area contributed by atoms with Gasteiger partial charge in [0.1, 0.15) is 5.60 Å². The molecule has 0 bridgehead atoms. The summed E-state index contributed by atoms with van der Waals surface area (Å²) in [5, 5.41) is 6.71. The molecule has 150 valence electrons. The van der Waals surface area contributed by atoms with Gasteiger partial charge in [0, 0.05) is 22.3 Å². The molecular weight excluding hydrogens is 399 g/mol. The number of ether oxygens (including phenoxy) is 1. The molecule has 28 heavy (non-hydrogen) atoms.